The van der Waals surface area contributed by atoms with Gasteiger partial charge in [0.25, 0.3) is 0 Å². The molecule has 122 valence electrons. The minimum atomic E-state index is 0. The van der Waals surface area contributed by atoms with Crippen molar-refractivity contribution in [2.24, 2.45) is 0 Å². The molecule has 0 aromatic rings. The summed E-state index contributed by atoms with van der Waals surface area (Å²) in [5.74, 6) is 0. The number of halogens is 1. The molecule has 1 aliphatic rings. The van der Waals surface area contributed by atoms with Crippen molar-refractivity contribution < 1.29 is 22.0 Å². The molecule has 1 saturated heterocycles. The van der Waals surface area contributed by atoms with Crippen LogP contribution in [0.25, 0.3) is 0 Å². The van der Waals surface area contributed by atoms with Crippen LogP contribution >= 0.6 is 0 Å². The summed E-state index contributed by atoms with van der Waals surface area (Å²) >= 11 is 0. The lowest BCUT2D eigenvalue weighted by Gasteiger charge is -2.14. The van der Waals surface area contributed by atoms with E-state index >= 15 is 0 Å². The number of hydrogen-bond donors (Lipinski definition) is 1. The van der Waals surface area contributed by atoms with Crippen molar-refractivity contribution >= 4 is 0 Å². The zero-order valence-corrected chi connectivity index (χ0v) is 14.5. The van der Waals surface area contributed by atoms with Crippen LogP contribution in [0.1, 0.15) is 78.1 Å². The minimum absolute atomic E-state index is 0. The second kappa shape index (κ2) is 14.2. The highest BCUT2D eigenvalue weighted by Crippen LogP contribution is 2.18. The van der Waals surface area contributed by atoms with Crippen LogP contribution in [-0.2, 0) is 4.74 Å². The van der Waals surface area contributed by atoms with Crippen molar-refractivity contribution in [3.63, 3.8) is 0 Å². The van der Waals surface area contributed by atoms with Crippen LogP contribution in [0.3, 0.4) is 0 Å². The van der Waals surface area contributed by atoms with Gasteiger partial charge in [0.15, 0.2) is 0 Å². The molecule has 1 unspecified atom stereocenters. The Morgan fingerprint density at radius 2 is 1.25 bits per heavy atom. The molecule has 1 atom stereocenters. The third kappa shape index (κ3) is 12.0. The predicted molar refractivity (Wildman–Crippen MR) is 82.8 cm³/mol. The lowest BCUT2D eigenvalue weighted by Crippen LogP contribution is -3.11. The normalized spacial score (nSPS) is 17.2. The van der Waals surface area contributed by atoms with E-state index in [0.29, 0.717) is 6.10 Å². The van der Waals surface area contributed by atoms with E-state index < -0.39 is 0 Å². The van der Waals surface area contributed by atoms with E-state index in [-0.39, 0.29) is 12.4 Å². The molecule has 3 heteroatoms. The van der Waals surface area contributed by atoms with Gasteiger partial charge in [-0.25, -0.2) is 0 Å². The Morgan fingerprint density at radius 3 is 1.70 bits per heavy atom. The topological polar surface area (TPSA) is 17.0 Å². The van der Waals surface area contributed by atoms with Crippen LogP contribution < -0.4 is 17.3 Å². The quantitative estimate of drug-likeness (QED) is 0.359. The monoisotopic (exact) mass is 305 g/mol. The van der Waals surface area contributed by atoms with Gasteiger partial charge in [0.05, 0.1) is 32.3 Å². The van der Waals surface area contributed by atoms with Crippen molar-refractivity contribution in [3.8, 4) is 0 Å². The Kier molecular flexibility index (Phi) is 14.3. The molecule has 1 N–H and O–H groups in total. The van der Waals surface area contributed by atoms with Gasteiger partial charge >= 0.3 is 0 Å². The fourth-order valence-electron chi connectivity index (χ4n) is 2.82. The average Bonchev–Trinajstić information content (AvgIpc) is 3.24. The summed E-state index contributed by atoms with van der Waals surface area (Å²) in [7, 11) is 0. The highest BCUT2D eigenvalue weighted by Gasteiger charge is 2.20. The summed E-state index contributed by atoms with van der Waals surface area (Å²) in [6, 6.07) is 0. The molecule has 1 heterocycles. The first-order chi connectivity index (χ1) is 9.36. The second-order valence-corrected chi connectivity index (χ2v) is 6.13. The lowest BCUT2D eigenvalue weighted by molar-refractivity contribution is -0.896. The summed E-state index contributed by atoms with van der Waals surface area (Å²) in [6.45, 7) is 9.61. The number of nitrogens with one attached hydrogen (secondary N) is 1. The summed E-state index contributed by atoms with van der Waals surface area (Å²) in [4.78, 5) is 1.76. The maximum absolute atomic E-state index is 5.22. The molecule has 0 aromatic heterocycles. The minimum Gasteiger partial charge on any atom is -1.00 e. The van der Waals surface area contributed by atoms with E-state index in [1.165, 1.54) is 83.8 Å². The molecule has 0 saturated carbocycles. The highest BCUT2D eigenvalue weighted by molar-refractivity contribution is 4.68. The molecule has 0 aromatic carbocycles. The van der Waals surface area contributed by atoms with E-state index in [4.69, 9.17) is 4.74 Å². The molecule has 0 aliphatic carbocycles. The maximum atomic E-state index is 5.22. The van der Waals surface area contributed by atoms with Gasteiger partial charge in [-0.2, -0.15) is 0 Å². The Balaban J connectivity index is 0.00000361. The summed E-state index contributed by atoms with van der Waals surface area (Å²) in [5, 5.41) is 0. The van der Waals surface area contributed by atoms with E-state index in [1.807, 2.05) is 0 Å². The first-order valence-electron chi connectivity index (χ1n) is 8.82. The summed E-state index contributed by atoms with van der Waals surface area (Å²) in [6.07, 6.45) is 14.9. The van der Waals surface area contributed by atoms with Gasteiger partial charge in [0.2, 0.25) is 0 Å². The van der Waals surface area contributed by atoms with Crippen LogP contribution in [0.5, 0.6) is 0 Å². The first-order valence-corrected chi connectivity index (χ1v) is 8.82. The van der Waals surface area contributed by atoms with E-state index in [9.17, 15) is 0 Å². The Morgan fingerprint density at radius 1 is 0.800 bits per heavy atom. The molecule has 2 nitrogen and oxygen atoms in total. The van der Waals surface area contributed by atoms with Crippen molar-refractivity contribution in [3.05, 3.63) is 0 Å². The zero-order chi connectivity index (χ0) is 13.8. The van der Waals surface area contributed by atoms with E-state index in [0.717, 1.165) is 6.61 Å². The van der Waals surface area contributed by atoms with E-state index in [1.54, 1.807) is 4.90 Å². The van der Waals surface area contributed by atoms with Gasteiger partial charge in [-0.15, -0.1) is 0 Å². The summed E-state index contributed by atoms with van der Waals surface area (Å²) < 4.78 is 5.22. The molecule has 1 fully saturated rings. The molecule has 20 heavy (non-hydrogen) atoms. The van der Waals surface area contributed by atoms with Gasteiger partial charge in [-0.05, 0) is 33.1 Å². The number of quaternary nitrogens is 1. The van der Waals surface area contributed by atoms with Gasteiger partial charge < -0.3 is 22.0 Å². The highest BCUT2D eigenvalue weighted by atomic mass is 35.5. The number of epoxide rings is 1. The lowest BCUT2D eigenvalue weighted by atomic mass is 10.1. The number of rotatable bonds is 14. The SMILES string of the molecule is CC[NH+](CC)CCCCCCCCCCCC1CO1.[Cl-]. The Bertz CT molecular complexity index is 193. The predicted octanol–water partition coefficient (Wildman–Crippen LogP) is 0.215. The van der Waals surface area contributed by atoms with Gasteiger partial charge in [0, 0.05) is 0 Å². The van der Waals surface area contributed by atoms with Crippen molar-refractivity contribution in [2.75, 3.05) is 26.2 Å². The molecular weight excluding hydrogens is 270 g/mol. The number of ether oxygens (including phenoxy) is 1. The van der Waals surface area contributed by atoms with Crippen LogP contribution in [0.2, 0.25) is 0 Å². The summed E-state index contributed by atoms with van der Waals surface area (Å²) in [5.41, 5.74) is 0. The standard InChI is InChI=1S/C17H35NO.ClH/c1-3-18(4-2)15-13-11-9-7-5-6-8-10-12-14-17-16-19-17;/h17H,3-16H2,1-2H3;1H. The first kappa shape index (κ1) is 20.2. The van der Waals surface area contributed by atoms with Crippen LogP contribution in [-0.4, -0.2) is 32.3 Å². The number of hydrogen-bond acceptors (Lipinski definition) is 1. The molecule has 0 amide bonds. The smallest absolute Gasteiger partial charge is 0.0810 e. The molecule has 0 spiro atoms. The third-order valence-electron chi connectivity index (χ3n) is 4.46. The molecule has 1 rings (SSSR count). The van der Waals surface area contributed by atoms with Crippen molar-refractivity contribution in [1.29, 1.82) is 0 Å². The average molecular weight is 306 g/mol. The zero-order valence-electron chi connectivity index (χ0n) is 13.8. The molecule has 1 aliphatic heterocycles. The van der Waals surface area contributed by atoms with Crippen LogP contribution in [0, 0.1) is 0 Å². The van der Waals surface area contributed by atoms with E-state index in [2.05, 4.69) is 13.8 Å². The van der Waals surface area contributed by atoms with Crippen LogP contribution in [0.4, 0.5) is 0 Å². The Labute approximate surface area is 133 Å². The third-order valence-corrected chi connectivity index (χ3v) is 4.46. The Hall–Kier alpha value is 0.210. The van der Waals surface area contributed by atoms with Crippen molar-refractivity contribution in [2.45, 2.75) is 84.2 Å². The van der Waals surface area contributed by atoms with Gasteiger partial charge in [0.1, 0.15) is 0 Å². The fraction of sp³-hybridized carbons (Fsp3) is 1.00. The number of unbranched alkanes of at least 4 members (excludes halogenated alkanes) is 8. The van der Waals surface area contributed by atoms with Gasteiger partial charge in [-0.1, -0.05) is 44.9 Å². The maximum Gasteiger partial charge on any atom is 0.0810 e. The van der Waals surface area contributed by atoms with Gasteiger partial charge in [-0.3, -0.25) is 0 Å². The van der Waals surface area contributed by atoms with Crippen molar-refractivity contribution in [1.82, 2.24) is 0 Å². The largest absolute Gasteiger partial charge is 1.00 e. The molecular formula is C17H36ClNO. The fourth-order valence-corrected chi connectivity index (χ4v) is 2.82. The molecule has 0 radical (unpaired) electrons. The second-order valence-electron chi connectivity index (χ2n) is 6.13. The van der Waals surface area contributed by atoms with Crippen LogP contribution in [0.15, 0.2) is 0 Å². The molecule has 0 bridgehead atoms.